The molecule has 0 aliphatic carbocycles. The summed E-state index contributed by atoms with van der Waals surface area (Å²) in [5.74, 6) is 0. The first-order valence-electron chi connectivity index (χ1n) is 7.33. The van der Waals surface area contributed by atoms with E-state index in [-0.39, 0.29) is 0 Å². The molecule has 0 saturated carbocycles. The number of benzene rings is 2. The normalized spacial score (nSPS) is 12.2. The Bertz CT molecular complexity index is 550. The van der Waals surface area contributed by atoms with Crippen molar-refractivity contribution in [3.63, 3.8) is 0 Å². The molecule has 0 aromatic heterocycles. The number of hydrogen-bond donors (Lipinski definition) is 1. The Morgan fingerprint density at radius 3 is 2.24 bits per heavy atom. The van der Waals surface area contributed by atoms with Gasteiger partial charge in [0, 0.05) is 23.8 Å². The van der Waals surface area contributed by atoms with Crippen molar-refractivity contribution in [1.82, 2.24) is 0 Å². The van der Waals surface area contributed by atoms with Crippen molar-refractivity contribution in [1.29, 1.82) is 0 Å². The highest BCUT2D eigenvalue weighted by molar-refractivity contribution is 9.10. The molecule has 0 aliphatic rings. The van der Waals surface area contributed by atoms with Crippen LogP contribution < -0.4 is 4.90 Å². The van der Waals surface area contributed by atoms with Crippen molar-refractivity contribution < 1.29 is 5.11 Å². The van der Waals surface area contributed by atoms with Gasteiger partial charge in [-0.3, -0.25) is 0 Å². The fourth-order valence-electron chi connectivity index (χ4n) is 2.28. The highest BCUT2D eigenvalue weighted by Crippen LogP contribution is 2.21. The second-order valence-corrected chi connectivity index (χ2v) is 6.21. The standard InChI is InChI=1S/C18H22BrNO/c1-3-14-4-10-17(11-5-14)20(2)13-12-18(21)15-6-8-16(19)9-7-15/h4-11,18,21H,3,12-13H2,1-2H3. The van der Waals surface area contributed by atoms with Gasteiger partial charge in [-0.1, -0.05) is 47.1 Å². The van der Waals surface area contributed by atoms with E-state index in [0.717, 1.165) is 23.0 Å². The Labute approximate surface area is 135 Å². The maximum Gasteiger partial charge on any atom is 0.0806 e. The molecule has 21 heavy (non-hydrogen) atoms. The van der Waals surface area contributed by atoms with Crippen molar-refractivity contribution in [3.05, 3.63) is 64.1 Å². The van der Waals surface area contributed by atoms with E-state index in [0.29, 0.717) is 6.42 Å². The van der Waals surface area contributed by atoms with E-state index in [2.05, 4.69) is 59.1 Å². The van der Waals surface area contributed by atoms with E-state index in [4.69, 9.17) is 0 Å². The van der Waals surface area contributed by atoms with Crippen LogP contribution in [-0.4, -0.2) is 18.7 Å². The minimum absolute atomic E-state index is 0.421. The first-order valence-corrected chi connectivity index (χ1v) is 8.13. The zero-order valence-corrected chi connectivity index (χ0v) is 14.2. The van der Waals surface area contributed by atoms with Gasteiger partial charge < -0.3 is 10.0 Å². The van der Waals surface area contributed by atoms with Crippen LogP contribution in [0, 0.1) is 0 Å². The molecular formula is C18H22BrNO. The fraction of sp³-hybridized carbons (Fsp3) is 0.333. The first kappa shape index (κ1) is 16.1. The predicted molar refractivity (Wildman–Crippen MR) is 92.8 cm³/mol. The van der Waals surface area contributed by atoms with E-state index in [1.165, 1.54) is 11.3 Å². The monoisotopic (exact) mass is 347 g/mol. The predicted octanol–water partition coefficient (Wildman–Crippen LogP) is 4.57. The summed E-state index contributed by atoms with van der Waals surface area (Å²) in [7, 11) is 2.06. The Morgan fingerprint density at radius 2 is 1.67 bits per heavy atom. The maximum absolute atomic E-state index is 10.2. The molecule has 0 amide bonds. The van der Waals surface area contributed by atoms with E-state index in [9.17, 15) is 5.11 Å². The summed E-state index contributed by atoms with van der Waals surface area (Å²) in [4.78, 5) is 2.18. The van der Waals surface area contributed by atoms with Crippen LogP contribution in [0.2, 0.25) is 0 Å². The number of aliphatic hydroxyl groups is 1. The van der Waals surface area contributed by atoms with Crippen LogP contribution in [0.15, 0.2) is 53.0 Å². The lowest BCUT2D eigenvalue weighted by molar-refractivity contribution is 0.170. The minimum atomic E-state index is -0.421. The topological polar surface area (TPSA) is 23.5 Å². The summed E-state index contributed by atoms with van der Waals surface area (Å²) in [6.45, 7) is 2.98. The van der Waals surface area contributed by atoms with Crippen molar-refractivity contribution in [3.8, 4) is 0 Å². The summed E-state index contributed by atoms with van der Waals surface area (Å²) in [5.41, 5.74) is 3.50. The Kier molecular flexibility index (Phi) is 5.83. The van der Waals surface area contributed by atoms with E-state index < -0.39 is 6.10 Å². The number of rotatable bonds is 6. The summed E-state index contributed by atoms with van der Waals surface area (Å²) in [5, 5.41) is 10.2. The fourth-order valence-corrected chi connectivity index (χ4v) is 2.55. The van der Waals surface area contributed by atoms with E-state index in [1.807, 2.05) is 24.3 Å². The van der Waals surface area contributed by atoms with Crippen LogP contribution in [0.5, 0.6) is 0 Å². The minimum Gasteiger partial charge on any atom is -0.388 e. The smallest absolute Gasteiger partial charge is 0.0806 e. The molecule has 0 bridgehead atoms. The molecule has 0 saturated heterocycles. The molecule has 2 nitrogen and oxygen atoms in total. The zero-order chi connectivity index (χ0) is 15.2. The average Bonchev–Trinajstić information content (AvgIpc) is 2.53. The lowest BCUT2D eigenvalue weighted by atomic mass is 10.1. The average molecular weight is 348 g/mol. The van der Waals surface area contributed by atoms with Crippen LogP contribution in [-0.2, 0) is 6.42 Å². The summed E-state index contributed by atoms with van der Waals surface area (Å²) in [6, 6.07) is 16.5. The molecule has 0 aliphatic heterocycles. The van der Waals surface area contributed by atoms with Gasteiger partial charge in [0.15, 0.2) is 0 Å². The van der Waals surface area contributed by atoms with Gasteiger partial charge in [0.1, 0.15) is 0 Å². The van der Waals surface area contributed by atoms with Crippen molar-refractivity contribution in [2.45, 2.75) is 25.9 Å². The van der Waals surface area contributed by atoms with Gasteiger partial charge in [0.05, 0.1) is 6.10 Å². The summed E-state index contributed by atoms with van der Waals surface area (Å²) >= 11 is 3.41. The SMILES string of the molecule is CCc1ccc(N(C)CCC(O)c2ccc(Br)cc2)cc1. The van der Waals surface area contributed by atoms with Crippen LogP contribution in [0.25, 0.3) is 0 Å². The van der Waals surface area contributed by atoms with Gasteiger partial charge in [-0.15, -0.1) is 0 Å². The largest absolute Gasteiger partial charge is 0.388 e. The molecule has 0 radical (unpaired) electrons. The highest BCUT2D eigenvalue weighted by Gasteiger charge is 2.09. The van der Waals surface area contributed by atoms with Gasteiger partial charge in [-0.25, -0.2) is 0 Å². The van der Waals surface area contributed by atoms with Crippen LogP contribution >= 0.6 is 15.9 Å². The highest BCUT2D eigenvalue weighted by atomic mass is 79.9. The van der Waals surface area contributed by atoms with E-state index >= 15 is 0 Å². The van der Waals surface area contributed by atoms with Crippen LogP contribution in [0.1, 0.15) is 30.6 Å². The third kappa shape index (κ3) is 4.58. The molecule has 0 fully saturated rings. The Balaban J connectivity index is 1.90. The number of hydrogen-bond acceptors (Lipinski definition) is 2. The third-order valence-electron chi connectivity index (χ3n) is 3.78. The molecule has 1 unspecified atom stereocenters. The van der Waals surface area contributed by atoms with Gasteiger partial charge >= 0.3 is 0 Å². The molecule has 1 N–H and O–H groups in total. The Morgan fingerprint density at radius 1 is 1.05 bits per heavy atom. The van der Waals surface area contributed by atoms with Crippen LogP contribution in [0.4, 0.5) is 5.69 Å². The second-order valence-electron chi connectivity index (χ2n) is 5.30. The molecule has 112 valence electrons. The third-order valence-corrected chi connectivity index (χ3v) is 4.31. The Hall–Kier alpha value is -1.32. The lowest BCUT2D eigenvalue weighted by Crippen LogP contribution is -2.20. The lowest BCUT2D eigenvalue weighted by Gasteiger charge is -2.21. The number of halogens is 1. The summed E-state index contributed by atoms with van der Waals surface area (Å²) < 4.78 is 1.03. The molecule has 2 rings (SSSR count). The van der Waals surface area contributed by atoms with E-state index in [1.54, 1.807) is 0 Å². The zero-order valence-electron chi connectivity index (χ0n) is 12.6. The number of aryl methyl sites for hydroxylation is 1. The van der Waals surface area contributed by atoms with Gasteiger partial charge in [-0.2, -0.15) is 0 Å². The van der Waals surface area contributed by atoms with Crippen molar-refractivity contribution in [2.24, 2.45) is 0 Å². The second kappa shape index (κ2) is 7.62. The molecule has 3 heteroatoms. The van der Waals surface area contributed by atoms with Crippen molar-refractivity contribution >= 4 is 21.6 Å². The molecular weight excluding hydrogens is 326 g/mol. The van der Waals surface area contributed by atoms with Gasteiger partial charge in [0.25, 0.3) is 0 Å². The number of anilines is 1. The molecule has 1 atom stereocenters. The summed E-state index contributed by atoms with van der Waals surface area (Å²) in [6.07, 6.45) is 1.36. The van der Waals surface area contributed by atoms with Gasteiger partial charge in [-0.05, 0) is 48.2 Å². The first-order chi connectivity index (χ1) is 10.1. The maximum atomic E-state index is 10.2. The number of aliphatic hydroxyl groups excluding tert-OH is 1. The molecule has 0 heterocycles. The molecule has 0 spiro atoms. The quantitative estimate of drug-likeness (QED) is 0.827. The van der Waals surface area contributed by atoms with Crippen LogP contribution in [0.3, 0.4) is 0 Å². The van der Waals surface area contributed by atoms with Gasteiger partial charge in [0.2, 0.25) is 0 Å². The molecule has 2 aromatic rings. The molecule has 2 aromatic carbocycles. The van der Waals surface area contributed by atoms with Crippen molar-refractivity contribution in [2.75, 3.05) is 18.5 Å². The number of nitrogens with zero attached hydrogens (tertiary/aromatic N) is 1.